The maximum Gasteiger partial charge on any atom is 0.170 e. The fourth-order valence-electron chi connectivity index (χ4n) is 4.71. The Balaban J connectivity index is 1.93. The molecule has 0 saturated heterocycles. The number of anilines is 1. The van der Waals surface area contributed by atoms with Gasteiger partial charge in [0, 0.05) is 41.7 Å². The molecule has 0 saturated carbocycles. The molecule has 0 aliphatic carbocycles. The van der Waals surface area contributed by atoms with Crippen molar-refractivity contribution in [1.29, 1.82) is 0 Å². The molecule has 8 nitrogen and oxygen atoms in total. The molecule has 4 aromatic rings. The molecular formula is C24H20B4ClFN6O2. The van der Waals surface area contributed by atoms with E-state index in [1.54, 1.807) is 37.0 Å². The molecule has 2 N–H and O–H groups in total. The fourth-order valence-corrected chi connectivity index (χ4v) is 5.03. The predicted molar refractivity (Wildman–Crippen MR) is 146 cm³/mol. The van der Waals surface area contributed by atoms with Gasteiger partial charge in [0.25, 0.3) is 0 Å². The molecule has 0 spiro atoms. The first kappa shape index (κ1) is 26.4. The van der Waals surface area contributed by atoms with Gasteiger partial charge < -0.3 is 15.2 Å². The van der Waals surface area contributed by atoms with Crippen molar-refractivity contribution in [2.75, 3.05) is 12.0 Å². The van der Waals surface area contributed by atoms with Gasteiger partial charge in [-0.05, 0) is 47.3 Å². The second-order valence-electron chi connectivity index (χ2n) is 9.48. The fraction of sp³-hybridized carbons (Fsp3) is 0.292. The van der Waals surface area contributed by atoms with Crippen molar-refractivity contribution in [3.8, 4) is 28.3 Å². The molecule has 3 aromatic heterocycles. The molecule has 14 heteroatoms. The Hall–Kier alpha value is -3.17. The molecule has 1 aliphatic heterocycles. The standard InChI is InChI=1S/C24H20B4ClFN6O2/c1-11-15-7-13(30)4-5-14(15)19-16(9-35(3)33-19)24(27,28)18-20(36(23(2,25)26)34-21(18)29)12-6-17(38-11)22(31-8-12)32-10-37/h4-9,11,37H,10H2,1-3H3,(H,31,32)/t11-/m1/s1. The Morgan fingerprint density at radius 2 is 2.00 bits per heavy atom. The van der Waals surface area contributed by atoms with Crippen molar-refractivity contribution in [3.05, 3.63) is 64.3 Å². The van der Waals surface area contributed by atoms with Crippen LogP contribution in [0.3, 0.4) is 0 Å². The summed E-state index contributed by atoms with van der Waals surface area (Å²) in [5, 5.41) is 18.0. The molecular weight excluding hydrogens is 502 g/mol. The van der Waals surface area contributed by atoms with E-state index in [0.717, 1.165) is 0 Å². The first-order valence-electron chi connectivity index (χ1n) is 11.6. The Morgan fingerprint density at radius 1 is 1.26 bits per heavy atom. The summed E-state index contributed by atoms with van der Waals surface area (Å²) in [5.74, 6) is 0.0181. The van der Waals surface area contributed by atoms with Crippen LogP contribution in [0.2, 0.25) is 5.15 Å². The van der Waals surface area contributed by atoms with Gasteiger partial charge >= 0.3 is 0 Å². The highest BCUT2D eigenvalue weighted by atomic mass is 35.5. The molecule has 2 bridgehead atoms. The first-order chi connectivity index (χ1) is 17.8. The van der Waals surface area contributed by atoms with Gasteiger partial charge in [-0.25, -0.2) is 9.37 Å². The van der Waals surface area contributed by atoms with Crippen LogP contribution in [0.5, 0.6) is 5.75 Å². The van der Waals surface area contributed by atoms with Crippen LogP contribution in [0, 0.1) is 5.82 Å². The highest BCUT2D eigenvalue weighted by Crippen LogP contribution is 2.46. The number of nitrogens with one attached hydrogen (secondary N) is 1. The van der Waals surface area contributed by atoms with Crippen molar-refractivity contribution in [1.82, 2.24) is 24.5 Å². The molecule has 5 rings (SSSR count). The lowest BCUT2D eigenvalue weighted by atomic mass is 9.47. The zero-order valence-electron chi connectivity index (χ0n) is 20.9. The summed E-state index contributed by atoms with van der Waals surface area (Å²) in [6.07, 6.45) is 2.46. The summed E-state index contributed by atoms with van der Waals surface area (Å²) < 4.78 is 23.7. The lowest BCUT2D eigenvalue weighted by Gasteiger charge is -2.31. The largest absolute Gasteiger partial charge is 0.482 e. The highest BCUT2D eigenvalue weighted by molar-refractivity contribution is 6.45. The lowest BCUT2D eigenvalue weighted by Crippen LogP contribution is -2.34. The van der Waals surface area contributed by atoms with Gasteiger partial charge in [0.1, 0.15) is 18.7 Å². The number of nitrogens with zero attached hydrogens (tertiary/aromatic N) is 5. The maximum atomic E-state index is 14.5. The average Bonchev–Trinajstić information content (AvgIpc) is 3.40. The SMILES string of the molecule is [B]C1([B])c2cn(C)nc2-c2ccc(F)cc2[C@@H](C)Oc2cc(cnc2NCO)-c2c1c(Cl)nn2C([B])([B])C. The van der Waals surface area contributed by atoms with Crippen LogP contribution in [-0.4, -0.2) is 67.8 Å². The zero-order valence-corrected chi connectivity index (χ0v) is 21.7. The van der Waals surface area contributed by atoms with E-state index in [4.69, 9.17) is 47.7 Å². The molecule has 1 atom stereocenters. The molecule has 184 valence electrons. The summed E-state index contributed by atoms with van der Waals surface area (Å²) in [6, 6.07) is 5.90. The number of rotatable bonds is 3. The molecule has 38 heavy (non-hydrogen) atoms. The van der Waals surface area contributed by atoms with E-state index in [2.05, 4.69) is 20.5 Å². The van der Waals surface area contributed by atoms with Gasteiger partial charge in [-0.3, -0.25) is 9.36 Å². The van der Waals surface area contributed by atoms with Crippen LogP contribution in [0.4, 0.5) is 10.2 Å². The van der Waals surface area contributed by atoms with E-state index in [1.165, 1.54) is 29.9 Å². The van der Waals surface area contributed by atoms with Crippen molar-refractivity contribution in [2.45, 2.75) is 30.5 Å². The Morgan fingerprint density at radius 3 is 2.68 bits per heavy atom. The third-order valence-corrected chi connectivity index (χ3v) is 6.63. The number of benzene rings is 1. The van der Waals surface area contributed by atoms with Gasteiger partial charge in [0.05, 0.1) is 42.8 Å². The van der Waals surface area contributed by atoms with Gasteiger partial charge in [0.2, 0.25) is 0 Å². The summed E-state index contributed by atoms with van der Waals surface area (Å²) >= 11 is 6.68. The summed E-state index contributed by atoms with van der Waals surface area (Å²) in [6.45, 7) is 2.88. The van der Waals surface area contributed by atoms with Gasteiger partial charge in [0.15, 0.2) is 16.7 Å². The quantitative estimate of drug-likeness (QED) is 0.318. The third kappa shape index (κ3) is 4.31. The van der Waals surface area contributed by atoms with E-state index in [9.17, 15) is 9.50 Å². The minimum atomic E-state index is -1.77. The minimum absolute atomic E-state index is 0.0355. The number of ether oxygens (including phenoxy) is 1. The van der Waals surface area contributed by atoms with Crippen molar-refractivity contribution in [2.24, 2.45) is 7.05 Å². The third-order valence-electron chi connectivity index (χ3n) is 6.37. The predicted octanol–water partition coefficient (Wildman–Crippen LogP) is 2.46. The zero-order chi connectivity index (χ0) is 27.6. The molecule has 8 radical (unpaired) electrons. The number of aryl methyl sites for hydroxylation is 1. The van der Waals surface area contributed by atoms with E-state index in [1.807, 2.05) is 0 Å². The van der Waals surface area contributed by atoms with Crippen LogP contribution in [-0.2, 0) is 17.6 Å². The van der Waals surface area contributed by atoms with Crippen LogP contribution < -0.4 is 10.1 Å². The van der Waals surface area contributed by atoms with Crippen LogP contribution in [0.25, 0.3) is 22.5 Å². The minimum Gasteiger partial charge on any atom is -0.482 e. The number of aliphatic hydroxyl groups excluding tert-OH is 1. The van der Waals surface area contributed by atoms with Gasteiger partial charge in [-0.2, -0.15) is 10.2 Å². The summed E-state index contributed by atoms with van der Waals surface area (Å²) in [7, 11) is 28.0. The van der Waals surface area contributed by atoms with Crippen LogP contribution in [0.15, 0.2) is 36.7 Å². The number of hydrogen-bond donors (Lipinski definition) is 2. The number of pyridine rings is 1. The van der Waals surface area contributed by atoms with Crippen LogP contribution in [0.1, 0.15) is 36.6 Å². The van der Waals surface area contributed by atoms with Gasteiger partial charge in [-0.15, -0.1) is 0 Å². The second kappa shape index (κ2) is 9.24. The number of hydrogen-bond acceptors (Lipinski definition) is 6. The Labute approximate surface area is 229 Å². The van der Waals surface area contributed by atoms with Crippen LogP contribution >= 0.6 is 11.6 Å². The summed E-state index contributed by atoms with van der Waals surface area (Å²) in [5.41, 5.74) is 2.77. The number of halogens is 2. The molecule has 1 aliphatic rings. The van der Waals surface area contributed by atoms with Crippen molar-refractivity contribution >= 4 is 48.8 Å². The smallest absolute Gasteiger partial charge is 0.170 e. The molecule has 4 heterocycles. The lowest BCUT2D eigenvalue weighted by molar-refractivity contribution is 0.226. The molecule has 0 amide bonds. The van der Waals surface area contributed by atoms with Gasteiger partial charge in [-0.1, -0.05) is 18.5 Å². The molecule has 0 unspecified atom stereocenters. The van der Waals surface area contributed by atoms with E-state index in [0.29, 0.717) is 33.6 Å². The number of fused-ring (bicyclic) bond motifs is 7. The average molecular weight is 522 g/mol. The summed E-state index contributed by atoms with van der Waals surface area (Å²) in [4.78, 5) is 4.42. The maximum absolute atomic E-state index is 14.5. The molecule has 1 aromatic carbocycles. The number of aliphatic hydroxyl groups is 1. The highest BCUT2D eigenvalue weighted by Gasteiger charge is 2.38. The topological polar surface area (TPSA) is 90.0 Å². The van der Waals surface area contributed by atoms with E-state index < -0.39 is 29.2 Å². The molecule has 0 fully saturated rings. The Kier molecular flexibility index (Phi) is 6.43. The van der Waals surface area contributed by atoms with E-state index in [-0.39, 0.29) is 22.3 Å². The second-order valence-corrected chi connectivity index (χ2v) is 9.84. The first-order valence-corrected chi connectivity index (χ1v) is 12.0. The number of aromatic nitrogens is 5. The van der Waals surface area contributed by atoms with Crippen molar-refractivity contribution in [3.63, 3.8) is 0 Å². The Bertz CT molecular complexity index is 1550. The monoisotopic (exact) mass is 522 g/mol. The van der Waals surface area contributed by atoms with E-state index >= 15 is 0 Å². The normalized spacial score (nSPS) is 16.3. The van der Waals surface area contributed by atoms with Crippen molar-refractivity contribution < 1.29 is 14.2 Å².